The Bertz CT molecular complexity index is 385. The second-order valence-corrected chi connectivity index (χ2v) is 4.53. The van der Waals surface area contributed by atoms with Crippen LogP contribution in [0, 0.1) is 12.8 Å². The number of nitrogens with zero attached hydrogens (tertiary/aromatic N) is 1. The number of nitrogens with one attached hydrogen (secondary N) is 1. The van der Waals surface area contributed by atoms with Crippen molar-refractivity contribution in [3.05, 3.63) is 29.6 Å². The van der Waals surface area contributed by atoms with Crippen LogP contribution in [0.2, 0.25) is 0 Å². The summed E-state index contributed by atoms with van der Waals surface area (Å²) >= 11 is 0. The van der Waals surface area contributed by atoms with Crippen LogP contribution in [-0.4, -0.2) is 24.1 Å². The van der Waals surface area contributed by atoms with Crippen LogP contribution in [-0.2, 0) is 16.1 Å². The average molecular weight is 234 g/mol. The molecule has 0 spiro atoms. The first-order valence-corrected chi connectivity index (χ1v) is 5.93. The second-order valence-electron chi connectivity index (χ2n) is 4.53. The van der Waals surface area contributed by atoms with Crippen molar-refractivity contribution in [3.63, 3.8) is 0 Å². The third-order valence-corrected chi connectivity index (χ3v) is 3.05. The smallest absolute Gasteiger partial charge is 0.323 e. The summed E-state index contributed by atoms with van der Waals surface area (Å²) in [5.74, 6) is 0.286. The van der Waals surface area contributed by atoms with Crippen molar-refractivity contribution in [2.24, 2.45) is 5.92 Å². The number of pyridine rings is 1. The molecule has 1 saturated carbocycles. The highest BCUT2D eigenvalue weighted by atomic mass is 16.5. The molecule has 4 nitrogen and oxygen atoms in total. The number of carbonyl (C=O) groups is 1. The van der Waals surface area contributed by atoms with Gasteiger partial charge in [0.2, 0.25) is 0 Å². The number of aryl methyl sites for hydroxylation is 1. The van der Waals surface area contributed by atoms with Crippen molar-refractivity contribution in [2.75, 3.05) is 7.11 Å². The summed E-state index contributed by atoms with van der Waals surface area (Å²) in [5, 5.41) is 3.25. The van der Waals surface area contributed by atoms with E-state index in [1.165, 1.54) is 7.11 Å². The number of carbonyl (C=O) groups excluding carboxylic acids is 1. The number of esters is 1. The van der Waals surface area contributed by atoms with Crippen LogP contribution in [0.1, 0.15) is 24.1 Å². The summed E-state index contributed by atoms with van der Waals surface area (Å²) in [6.07, 6.45) is 4.06. The fraction of sp³-hybridized carbons (Fsp3) is 0.538. The molecule has 1 atom stereocenters. The van der Waals surface area contributed by atoms with Gasteiger partial charge in [-0.05, 0) is 37.3 Å². The highest BCUT2D eigenvalue weighted by Gasteiger charge is 2.36. The summed E-state index contributed by atoms with van der Waals surface area (Å²) in [4.78, 5) is 15.8. The van der Waals surface area contributed by atoms with Gasteiger partial charge in [0, 0.05) is 18.4 Å². The van der Waals surface area contributed by atoms with Gasteiger partial charge in [0.1, 0.15) is 6.04 Å². The molecule has 0 bridgehead atoms. The Balaban J connectivity index is 1.90. The van der Waals surface area contributed by atoms with E-state index in [0.29, 0.717) is 12.5 Å². The number of hydrogen-bond donors (Lipinski definition) is 1. The summed E-state index contributed by atoms with van der Waals surface area (Å²) < 4.78 is 4.80. The van der Waals surface area contributed by atoms with E-state index in [0.717, 1.165) is 24.1 Å². The molecule has 4 heteroatoms. The van der Waals surface area contributed by atoms with Crippen LogP contribution in [0.3, 0.4) is 0 Å². The normalized spacial score (nSPS) is 16.6. The maximum absolute atomic E-state index is 11.6. The van der Waals surface area contributed by atoms with Crippen LogP contribution in [0.4, 0.5) is 0 Å². The van der Waals surface area contributed by atoms with Gasteiger partial charge in [-0.25, -0.2) is 0 Å². The lowest BCUT2D eigenvalue weighted by Crippen LogP contribution is -2.39. The van der Waals surface area contributed by atoms with Crippen molar-refractivity contribution < 1.29 is 9.53 Å². The SMILES string of the molecule is COC(=O)C(NCc1ccc(C)nc1)C1CC1. The Morgan fingerprint density at radius 3 is 2.88 bits per heavy atom. The molecule has 0 amide bonds. The maximum atomic E-state index is 11.6. The fourth-order valence-electron chi connectivity index (χ4n) is 1.83. The summed E-state index contributed by atoms with van der Waals surface area (Å²) in [6.45, 7) is 2.61. The molecule has 1 aliphatic rings. The molecule has 1 aliphatic carbocycles. The van der Waals surface area contributed by atoms with E-state index in [1.807, 2.05) is 25.3 Å². The van der Waals surface area contributed by atoms with Gasteiger partial charge in [-0.15, -0.1) is 0 Å². The zero-order chi connectivity index (χ0) is 12.3. The molecule has 1 aromatic rings. The lowest BCUT2D eigenvalue weighted by Gasteiger charge is -2.15. The van der Waals surface area contributed by atoms with Gasteiger partial charge in [0.05, 0.1) is 7.11 Å². The minimum absolute atomic E-state index is 0.160. The number of methoxy groups -OCH3 is 1. The average Bonchev–Trinajstić information content (AvgIpc) is 3.16. The molecule has 17 heavy (non-hydrogen) atoms. The molecule has 0 aliphatic heterocycles. The zero-order valence-electron chi connectivity index (χ0n) is 10.3. The molecule has 1 heterocycles. The minimum Gasteiger partial charge on any atom is -0.468 e. The highest BCUT2D eigenvalue weighted by molar-refractivity contribution is 5.76. The lowest BCUT2D eigenvalue weighted by molar-refractivity contribution is -0.143. The first-order chi connectivity index (χ1) is 8.20. The third-order valence-electron chi connectivity index (χ3n) is 3.05. The number of aromatic nitrogens is 1. The second kappa shape index (κ2) is 5.27. The van der Waals surface area contributed by atoms with Crippen molar-refractivity contribution in [1.29, 1.82) is 0 Å². The minimum atomic E-state index is -0.165. The Morgan fingerprint density at radius 2 is 2.35 bits per heavy atom. The van der Waals surface area contributed by atoms with E-state index in [4.69, 9.17) is 4.74 Å². The Morgan fingerprint density at radius 1 is 1.59 bits per heavy atom. The summed E-state index contributed by atoms with van der Waals surface area (Å²) in [5.41, 5.74) is 2.09. The molecule has 0 aromatic carbocycles. The van der Waals surface area contributed by atoms with E-state index in [1.54, 1.807) is 0 Å². The Hall–Kier alpha value is -1.42. The molecule has 92 valence electrons. The van der Waals surface area contributed by atoms with Crippen LogP contribution >= 0.6 is 0 Å². The van der Waals surface area contributed by atoms with E-state index >= 15 is 0 Å². The van der Waals surface area contributed by atoms with Gasteiger partial charge in [0.25, 0.3) is 0 Å². The molecule has 0 radical (unpaired) electrons. The number of rotatable bonds is 5. The predicted octanol–water partition coefficient (Wildman–Crippen LogP) is 1.43. The van der Waals surface area contributed by atoms with Crippen molar-refractivity contribution in [2.45, 2.75) is 32.4 Å². The Labute approximate surface area is 101 Å². The van der Waals surface area contributed by atoms with Gasteiger partial charge in [0.15, 0.2) is 0 Å². The largest absolute Gasteiger partial charge is 0.468 e. The first-order valence-electron chi connectivity index (χ1n) is 5.93. The lowest BCUT2D eigenvalue weighted by atomic mass is 10.1. The van der Waals surface area contributed by atoms with Crippen LogP contribution in [0.25, 0.3) is 0 Å². The number of ether oxygens (including phenoxy) is 1. The third kappa shape index (κ3) is 3.27. The zero-order valence-corrected chi connectivity index (χ0v) is 10.3. The monoisotopic (exact) mass is 234 g/mol. The van der Waals surface area contributed by atoms with Gasteiger partial charge in [-0.2, -0.15) is 0 Å². The van der Waals surface area contributed by atoms with Crippen LogP contribution in [0.15, 0.2) is 18.3 Å². The molecule has 1 N–H and O–H groups in total. The molecular formula is C13H18N2O2. The highest BCUT2D eigenvalue weighted by Crippen LogP contribution is 2.33. The molecule has 2 rings (SSSR count). The van der Waals surface area contributed by atoms with Gasteiger partial charge in [-0.3, -0.25) is 9.78 Å². The van der Waals surface area contributed by atoms with Gasteiger partial charge in [-0.1, -0.05) is 6.07 Å². The summed E-state index contributed by atoms with van der Waals surface area (Å²) in [7, 11) is 1.44. The molecule has 1 aromatic heterocycles. The van der Waals surface area contributed by atoms with Crippen LogP contribution < -0.4 is 5.32 Å². The van der Waals surface area contributed by atoms with E-state index in [9.17, 15) is 4.79 Å². The molecule has 0 saturated heterocycles. The van der Waals surface area contributed by atoms with Crippen molar-refractivity contribution >= 4 is 5.97 Å². The van der Waals surface area contributed by atoms with Gasteiger partial charge < -0.3 is 10.1 Å². The standard InChI is InChI=1S/C13H18N2O2/c1-9-3-4-10(7-14-9)8-15-12(11-5-6-11)13(16)17-2/h3-4,7,11-12,15H,5-6,8H2,1-2H3. The fourth-order valence-corrected chi connectivity index (χ4v) is 1.83. The van der Waals surface area contributed by atoms with E-state index in [-0.39, 0.29) is 12.0 Å². The summed E-state index contributed by atoms with van der Waals surface area (Å²) in [6, 6.07) is 3.83. The molecule has 1 fully saturated rings. The van der Waals surface area contributed by atoms with Crippen molar-refractivity contribution in [3.8, 4) is 0 Å². The van der Waals surface area contributed by atoms with Gasteiger partial charge >= 0.3 is 5.97 Å². The topological polar surface area (TPSA) is 51.2 Å². The maximum Gasteiger partial charge on any atom is 0.323 e. The Kier molecular flexibility index (Phi) is 3.74. The van der Waals surface area contributed by atoms with E-state index in [2.05, 4.69) is 10.3 Å². The predicted molar refractivity (Wildman–Crippen MR) is 64.3 cm³/mol. The van der Waals surface area contributed by atoms with Crippen LogP contribution in [0.5, 0.6) is 0 Å². The molecule has 1 unspecified atom stereocenters. The first kappa shape index (κ1) is 12.0. The van der Waals surface area contributed by atoms with Crippen molar-refractivity contribution in [1.82, 2.24) is 10.3 Å². The van der Waals surface area contributed by atoms with E-state index < -0.39 is 0 Å². The number of hydrogen-bond acceptors (Lipinski definition) is 4. The quantitative estimate of drug-likeness (QED) is 0.783. The molecular weight excluding hydrogens is 216 g/mol.